The minimum Gasteiger partial charge on any atom is -0.277 e. The molecule has 1 heterocycles. The largest absolute Gasteiger partial charge is 0.277 e. The molecule has 0 radical (unpaired) electrons. The van der Waals surface area contributed by atoms with Gasteiger partial charge in [0, 0.05) is 13.1 Å². The normalized spacial score (nSPS) is 8.67. The molecule has 1 aromatic heterocycles. The van der Waals surface area contributed by atoms with Crippen LogP contribution in [0.1, 0.15) is 0 Å². The van der Waals surface area contributed by atoms with Crippen LogP contribution in [0.4, 0.5) is 0 Å². The van der Waals surface area contributed by atoms with Crippen molar-refractivity contribution in [2.45, 2.75) is 0 Å². The Balaban J connectivity index is 0.000000640. The van der Waals surface area contributed by atoms with E-state index in [1.165, 1.54) is 10.7 Å². The molecule has 1 aromatic rings. The van der Waals surface area contributed by atoms with Crippen LogP contribution in [-0.2, 0) is 7.05 Å². The zero-order valence-electron chi connectivity index (χ0n) is 4.72. The number of aromatic amines is 1. The third-order valence-corrected chi connectivity index (χ3v) is 1.21. The molecule has 0 spiro atoms. The monoisotopic (exact) mass is 168 g/mol. The molecule has 1 rings (SSSR count). The summed E-state index contributed by atoms with van der Waals surface area (Å²) in [5.74, 6) is 0. The van der Waals surface area contributed by atoms with Gasteiger partial charge >= 0.3 is 0 Å². The van der Waals surface area contributed by atoms with Gasteiger partial charge in [-0.3, -0.25) is 14.6 Å². The molecular formula is C4H6Cl2N2O. The number of hydrogen-bond donors (Lipinski definition) is 1. The van der Waals surface area contributed by atoms with Crippen molar-refractivity contribution in [1.29, 1.82) is 0 Å². The van der Waals surface area contributed by atoms with Crippen molar-refractivity contribution in [3.8, 4) is 0 Å². The molecule has 0 bridgehead atoms. The molecule has 0 saturated heterocycles. The number of aromatic nitrogens is 2. The van der Waals surface area contributed by atoms with E-state index in [4.69, 9.17) is 11.6 Å². The van der Waals surface area contributed by atoms with Gasteiger partial charge in [-0.2, -0.15) is 0 Å². The number of halogens is 2. The van der Waals surface area contributed by atoms with E-state index in [9.17, 15) is 4.79 Å². The summed E-state index contributed by atoms with van der Waals surface area (Å²) in [6.07, 6.45) is 0. The summed E-state index contributed by atoms with van der Waals surface area (Å²) in [4.78, 5) is 10.4. The second-order valence-electron chi connectivity index (χ2n) is 1.50. The molecule has 3 nitrogen and oxygen atoms in total. The highest BCUT2D eigenvalue weighted by molar-refractivity contribution is 6.29. The zero-order valence-corrected chi connectivity index (χ0v) is 6.29. The molecule has 52 valence electrons. The molecule has 0 fully saturated rings. The number of rotatable bonds is 0. The summed E-state index contributed by atoms with van der Waals surface area (Å²) in [6, 6.07) is 1.32. The van der Waals surface area contributed by atoms with Crippen molar-refractivity contribution in [2.24, 2.45) is 7.05 Å². The molecule has 0 aromatic carbocycles. The number of H-pyrrole nitrogens is 1. The Hall–Kier alpha value is -0.410. The molecule has 1 N–H and O–H groups in total. The third kappa shape index (κ3) is 1.77. The molecule has 0 atom stereocenters. The van der Waals surface area contributed by atoms with E-state index in [0.717, 1.165) is 0 Å². The van der Waals surface area contributed by atoms with Gasteiger partial charge in [-0.15, -0.1) is 12.4 Å². The fourth-order valence-corrected chi connectivity index (χ4v) is 0.597. The second-order valence-corrected chi connectivity index (χ2v) is 1.89. The fourth-order valence-electron chi connectivity index (χ4n) is 0.456. The first-order chi connectivity index (χ1) is 3.70. The maximum absolute atomic E-state index is 10.4. The van der Waals surface area contributed by atoms with Gasteiger partial charge in [0.2, 0.25) is 0 Å². The van der Waals surface area contributed by atoms with E-state index in [0.29, 0.717) is 5.15 Å². The van der Waals surface area contributed by atoms with E-state index in [1.54, 1.807) is 7.05 Å². The molecule has 0 aliphatic heterocycles. The van der Waals surface area contributed by atoms with Gasteiger partial charge < -0.3 is 0 Å². The molecule has 9 heavy (non-hydrogen) atoms. The standard InChI is InChI=1S/C4H5ClN2O.ClH/c1-7-3(5)2-4(8)6-7;/h2H,1H3,(H,6,8);1H. The Morgan fingerprint density at radius 2 is 2.33 bits per heavy atom. The summed E-state index contributed by atoms with van der Waals surface area (Å²) in [5.41, 5.74) is -0.169. The first kappa shape index (κ1) is 8.59. The van der Waals surface area contributed by atoms with Crippen LogP contribution in [0.25, 0.3) is 0 Å². The average molecular weight is 169 g/mol. The Bertz CT molecular complexity index is 216. The van der Waals surface area contributed by atoms with Crippen molar-refractivity contribution in [2.75, 3.05) is 0 Å². The van der Waals surface area contributed by atoms with Gasteiger partial charge in [0.25, 0.3) is 5.56 Å². The molecule has 0 amide bonds. The van der Waals surface area contributed by atoms with Crippen molar-refractivity contribution in [1.82, 2.24) is 9.78 Å². The second kappa shape index (κ2) is 2.94. The molecular weight excluding hydrogens is 163 g/mol. The summed E-state index contributed by atoms with van der Waals surface area (Å²) < 4.78 is 1.45. The molecule has 0 aliphatic carbocycles. The van der Waals surface area contributed by atoms with E-state index in [2.05, 4.69) is 5.10 Å². The maximum Gasteiger partial charge on any atom is 0.265 e. The number of nitrogens with zero attached hydrogens (tertiary/aromatic N) is 1. The van der Waals surface area contributed by atoms with Crippen LogP contribution in [-0.4, -0.2) is 9.78 Å². The maximum atomic E-state index is 10.4. The minimum atomic E-state index is -0.169. The van der Waals surface area contributed by atoms with Crippen LogP contribution in [0.15, 0.2) is 10.9 Å². The van der Waals surface area contributed by atoms with E-state index < -0.39 is 0 Å². The van der Waals surface area contributed by atoms with Gasteiger partial charge in [0.15, 0.2) is 0 Å². The van der Waals surface area contributed by atoms with Crippen LogP contribution in [0.2, 0.25) is 5.15 Å². The van der Waals surface area contributed by atoms with Gasteiger partial charge in [0.05, 0.1) is 0 Å². The molecule has 5 heteroatoms. The highest BCUT2D eigenvalue weighted by atomic mass is 35.5. The van der Waals surface area contributed by atoms with E-state index >= 15 is 0 Å². The zero-order chi connectivity index (χ0) is 6.15. The Labute approximate surface area is 63.0 Å². The summed E-state index contributed by atoms with van der Waals surface area (Å²) in [6.45, 7) is 0. The fraction of sp³-hybridized carbons (Fsp3) is 0.250. The smallest absolute Gasteiger partial charge is 0.265 e. The van der Waals surface area contributed by atoms with Crippen LogP contribution in [0.5, 0.6) is 0 Å². The average Bonchev–Trinajstić information content (AvgIpc) is 1.85. The quantitative estimate of drug-likeness (QED) is 0.612. The van der Waals surface area contributed by atoms with Gasteiger partial charge in [-0.05, 0) is 0 Å². The topological polar surface area (TPSA) is 37.8 Å². The van der Waals surface area contributed by atoms with Crippen molar-refractivity contribution in [3.63, 3.8) is 0 Å². The van der Waals surface area contributed by atoms with Crippen LogP contribution >= 0.6 is 24.0 Å². The summed E-state index contributed by atoms with van der Waals surface area (Å²) >= 11 is 5.46. The lowest BCUT2D eigenvalue weighted by Gasteiger charge is -1.86. The summed E-state index contributed by atoms with van der Waals surface area (Å²) in [7, 11) is 1.67. The lowest BCUT2D eigenvalue weighted by atomic mass is 10.7. The highest BCUT2D eigenvalue weighted by Crippen LogP contribution is 1.98. The predicted molar refractivity (Wildman–Crippen MR) is 38.3 cm³/mol. The SMILES string of the molecule is Cl.Cn1[nH]c(=O)cc1Cl. The van der Waals surface area contributed by atoms with Crippen molar-refractivity contribution >= 4 is 24.0 Å². The van der Waals surface area contributed by atoms with Crippen LogP contribution in [0.3, 0.4) is 0 Å². The lowest BCUT2D eigenvalue weighted by molar-refractivity contribution is 0.757. The highest BCUT2D eigenvalue weighted by Gasteiger charge is 1.92. The summed E-state index contributed by atoms with van der Waals surface area (Å²) in [5, 5.41) is 2.86. The van der Waals surface area contributed by atoms with Crippen LogP contribution in [0, 0.1) is 0 Å². The Morgan fingerprint density at radius 1 is 1.78 bits per heavy atom. The number of aryl methyl sites for hydroxylation is 1. The van der Waals surface area contributed by atoms with Gasteiger partial charge in [-0.1, -0.05) is 11.6 Å². The molecule has 0 saturated carbocycles. The minimum absolute atomic E-state index is 0. The van der Waals surface area contributed by atoms with Crippen molar-refractivity contribution < 1.29 is 0 Å². The third-order valence-electron chi connectivity index (χ3n) is 0.849. The first-order valence-corrected chi connectivity index (χ1v) is 2.49. The lowest BCUT2D eigenvalue weighted by Crippen LogP contribution is -2.00. The first-order valence-electron chi connectivity index (χ1n) is 2.11. The van der Waals surface area contributed by atoms with Crippen LogP contribution < -0.4 is 5.56 Å². The predicted octanol–water partition coefficient (Wildman–Crippen LogP) is 0.789. The van der Waals surface area contributed by atoms with Crippen molar-refractivity contribution in [3.05, 3.63) is 21.6 Å². The number of hydrogen-bond acceptors (Lipinski definition) is 1. The van der Waals surface area contributed by atoms with Gasteiger partial charge in [0.1, 0.15) is 5.15 Å². The van der Waals surface area contributed by atoms with E-state index in [1.807, 2.05) is 0 Å². The number of nitrogens with one attached hydrogen (secondary N) is 1. The Morgan fingerprint density at radius 3 is 2.44 bits per heavy atom. The molecule has 0 aliphatic rings. The van der Waals surface area contributed by atoms with Gasteiger partial charge in [-0.25, -0.2) is 0 Å². The van der Waals surface area contributed by atoms with E-state index in [-0.39, 0.29) is 18.0 Å². The Kier molecular flexibility index (Phi) is 2.81. The molecule has 0 unspecified atom stereocenters.